The summed E-state index contributed by atoms with van der Waals surface area (Å²) in [5, 5.41) is 3.49. The Morgan fingerprint density at radius 3 is 2.44 bits per heavy atom. The second-order valence-corrected chi connectivity index (χ2v) is 4.79. The van der Waals surface area contributed by atoms with Gasteiger partial charge in [-0.05, 0) is 26.0 Å². The van der Waals surface area contributed by atoms with E-state index in [0.29, 0.717) is 12.1 Å². The number of benzene rings is 1. The van der Waals surface area contributed by atoms with Gasteiger partial charge in [0.05, 0.1) is 5.69 Å². The topological polar surface area (TPSA) is 65.7 Å². The predicted molar refractivity (Wildman–Crippen MR) is 74.5 cm³/mol. The number of hydrazine groups is 1. The van der Waals surface area contributed by atoms with Crippen LogP contribution in [0.15, 0.2) is 35.3 Å². The zero-order valence-corrected chi connectivity index (χ0v) is 10.9. The van der Waals surface area contributed by atoms with Gasteiger partial charge in [0.25, 0.3) is 0 Å². The summed E-state index contributed by atoms with van der Waals surface area (Å²) in [5.41, 5.74) is 3.62. The molecule has 1 fully saturated rings. The van der Waals surface area contributed by atoms with Gasteiger partial charge in [0.2, 0.25) is 5.96 Å². The number of nitrogens with two attached hydrogens (primary N) is 1. The van der Waals surface area contributed by atoms with Crippen LogP contribution in [0.4, 0.5) is 5.69 Å². The van der Waals surface area contributed by atoms with Crippen molar-refractivity contribution < 1.29 is 0 Å². The molecule has 0 spiro atoms. The van der Waals surface area contributed by atoms with Gasteiger partial charge >= 0.3 is 0 Å². The number of hydrogen-bond acceptors (Lipinski definition) is 3. The van der Waals surface area contributed by atoms with E-state index in [2.05, 4.69) is 34.5 Å². The van der Waals surface area contributed by atoms with Crippen LogP contribution in [0.2, 0.25) is 0 Å². The number of para-hydroxylation sites is 1. The van der Waals surface area contributed by atoms with E-state index in [4.69, 9.17) is 5.84 Å². The summed E-state index contributed by atoms with van der Waals surface area (Å²) in [6.45, 7) is 6.14. The molecule has 18 heavy (non-hydrogen) atoms. The van der Waals surface area contributed by atoms with Gasteiger partial charge in [-0.3, -0.25) is 5.43 Å². The Kier molecular flexibility index (Phi) is 4.17. The lowest BCUT2D eigenvalue weighted by atomic mass is 10.1. The molecular formula is C13H21N5. The molecule has 5 heteroatoms. The molecule has 1 heterocycles. The Labute approximate surface area is 108 Å². The first-order chi connectivity index (χ1) is 8.69. The fraction of sp³-hybridized carbons (Fsp3) is 0.462. The molecule has 1 aromatic carbocycles. The minimum Gasteiger partial charge on any atom is -0.339 e. The third-order valence-corrected chi connectivity index (χ3v) is 2.98. The number of rotatable bonds is 1. The number of nitrogens with one attached hydrogen (secondary N) is 2. The van der Waals surface area contributed by atoms with Crippen LogP contribution in [0.5, 0.6) is 0 Å². The van der Waals surface area contributed by atoms with E-state index in [9.17, 15) is 0 Å². The molecule has 2 atom stereocenters. The average molecular weight is 247 g/mol. The molecule has 2 rings (SSSR count). The molecule has 0 aromatic heterocycles. The van der Waals surface area contributed by atoms with E-state index in [1.54, 1.807) is 0 Å². The molecule has 0 amide bonds. The molecule has 1 saturated heterocycles. The van der Waals surface area contributed by atoms with Crippen molar-refractivity contribution in [2.45, 2.75) is 25.9 Å². The summed E-state index contributed by atoms with van der Waals surface area (Å²) in [6, 6.07) is 10.7. The highest BCUT2D eigenvalue weighted by Gasteiger charge is 2.23. The van der Waals surface area contributed by atoms with Crippen LogP contribution in [-0.4, -0.2) is 36.0 Å². The maximum Gasteiger partial charge on any atom is 0.213 e. The van der Waals surface area contributed by atoms with Crippen molar-refractivity contribution in [1.82, 2.24) is 15.6 Å². The van der Waals surface area contributed by atoms with E-state index in [1.165, 1.54) is 0 Å². The molecule has 1 aliphatic rings. The third kappa shape index (κ3) is 3.21. The Balaban J connectivity index is 2.15. The van der Waals surface area contributed by atoms with Gasteiger partial charge in [-0.1, -0.05) is 18.2 Å². The Hall–Kier alpha value is -1.59. The number of guanidine groups is 1. The van der Waals surface area contributed by atoms with Crippen LogP contribution in [0.1, 0.15) is 13.8 Å². The van der Waals surface area contributed by atoms with Crippen molar-refractivity contribution in [2.24, 2.45) is 10.8 Å². The van der Waals surface area contributed by atoms with E-state index in [-0.39, 0.29) is 0 Å². The van der Waals surface area contributed by atoms with Crippen LogP contribution >= 0.6 is 0 Å². The van der Waals surface area contributed by atoms with Gasteiger partial charge in [0.1, 0.15) is 0 Å². The van der Waals surface area contributed by atoms with Crippen LogP contribution in [0.3, 0.4) is 0 Å². The first-order valence-electron chi connectivity index (χ1n) is 6.30. The van der Waals surface area contributed by atoms with Gasteiger partial charge in [-0.25, -0.2) is 10.8 Å². The van der Waals surface area contributed by atoms with Gasteiger partial charge in [0.15, 0.2) is 0 Å². The zero-order valence-electron chi connectivity index (χ0n) is 10.9. The highest BCUT2D eigenvalue weighted by molar-refractivity contribution is 5.82. The summed E-state index contributed by atoms with van der Waals surface area (Å²) in [4.78, 5) is 6.73. The first kappa shape index (κ1) is 12.9. The molecule has 2 unspecified atom stereocenters. The van der Waals surface area contributed by atoms with Crippen molar-refractivity contribution in [1.29, 1.82) is 0 Å². The molecule has 5 nitrogen and oxygen atoms in total. The van der Waals surface area contributed by atoms with Crippen LogP contribution in [-0.2, 0) is 0 Å². The van der Waals surface area contributed by atoms with Crippen LogP contribution in [0, 0.1) is 0 Å². The SMILES string of the molecule is CC1CN(C(=Nc2ccccc2)NN)CC(C)N1. The number of hydrogen-bond donors (Lipinski definition) is 3. The standard InChI is InChI=1S/C13H21N5/c1-10-8-18(9-11(2)15-10)13(17-14)16-12-6-4-3-5-7-12/h3-7,10-11,15H,8-9,14H2,1-2H3,(H,16,17). The van der Waals surface area contributed by atoms with Gasteiger partial charge in [-0.2, -0.15) is 0 Å². The van der Waals surface area contributed by atoms with E-state index in [0.717, 1.165) is 24.7 Å². The van der Waals surface area contributed by atoms with Crippen molar-refractivity contribution in [3.05, 3.63) is 30.3 Å². The highest BCUT2D eigenvalue weighted by Crippen LogP contribution is 2.12. The van der Waals surface area contributed by atoms with E-state index >= 15 is 0 Å². The number of aliphatic imine (C=N–C) groups is 1. The summed E-state index contributed by atoms with van der Waals surface area (Å²) >= 11 is 0. The average Bonchev–Trinajstić information content (AvgIpc) is 2.36. The molecule has 1 aromatic rings. The quantitative estimate of drug-likeness (QED) is 0.297. The van der Waals surface area contributed by atoms with Crippen molar-refractivity contribution in [3.63, 3.8) is 0 Å². The van der Waals surface area contributed by atoms with E-state index < -0.39 is 0 Å². The summed E-state index contributed by atoms with van der Waals surface area (Å²) in [6.07, 6.45) is 0. The smallest absolute Gasteiger partial charge is 0.213 e. The number of nitrogens with zero attached hydrogens (tertiary/aromatic N) is 2. The molecular weight excluding hydrogens is 226 g/mol. The molecule has 98 valence electrons. The second kappa shape index (κ2) is 5.84. The summed E-state index contributed by atoms with van der Waals surface area (Å²) in [7, 11) is 0. The molecule has 1 aliphatic heterocycles. The minimum absolute atomic E-state index is 0.433. The third-order valence-electron chi connectivity index (χ3n) is 2.98. The Morgan fingerprint density at radius 2 is 1.89 bits per heavy atom. The first-order valence-corrected chi connectivity index (χ1v) is 6.30. The molecule has 0 saturated carbocycles. The maximum atomic E-state index is 5.60. The summed E-state index contributed by atoms with van der Waals surface area (Å²) < 4.78 is 0. The molecule has 4 N–H and O–H groups in total. The van der Waals surface area contributed by atoms with Crippen LogP contribution in [0.25, 0.3) is 0 Å². The van der Waals surface area contributed by atoms with Gasteiger partial charge in [0, 0.05) is 25.2 Å². The lowest BCUT2D eigenvalue weighted by Gasteiger charge is -2.37. The fourth-order valence-corrected chi connectivity index (χ4v) is 2.32. The van der Waals surface area contributed by atoms with Gasteiger partial charge in [-0.15, -0.1) is 0 Å². The van der Waals surface area contributed by atoms with E-state index in [1.807, 2.05) is 30.3 Å². The Morgan fingerprint density at radius 1 is 1.28 bits per heavy atom. The second-order valence-electron chi connectivity index (χ2n) is 4.79. The zero-order chi connectivity index (χ0) is 13.0. The monoisotopic (exact) mass is 247 g/mol. The highest BCUT2D eigenvalue weighted by atomic mass is 15.4. The van der Waals surface area contributed by atoms with Crippen molar-refractivity contribution >= 4 is 11.6 Å². The Bertz CT molecular complexity index is 393. The van der Waals surface area contributed by atoms with Crippen LogP contribution < -0.4 is 16.6 Å². The van der Waals surface area contributed by atoms with Crippen molar-refractivity contribution in [3.8, 4) is 0 Å². The predicted octanol–water partition coefficient (Wildman–Crippen LogP) is 0.820. The number of piperazine rings is 1. The maximum absolute atomic E-state index is 5.60. The lowest BCUT2D eigenvalue weighted by molar-refractivity contribution is 0.249. The molecule has 0 radical (unpaired) electrons. The van der Waals surface area contributed by atoms with Gasteiger partial charge < -0.3 is 10.2 Å². The fourth-order valence-electron chi connectivity index (χ4n) is 2.32. The molecule has 0 aliphatic carbocycles. The summed E-state index contributed by atoms with van der Waals surface area (Å²) in [5.74, 6) is 6.32. The minimum atomic E-state index is 0.433. The normalized spacial score (nSPS) is 25.1. The van der Waals surface area contributed by atoms with Crippen molar-refractivity contribution in [2.75, 3.05) is 13.1 Å². The largest absolute Gasteiger partial charge is 0.339 e. The lowest BCUT2D eigenvalue weighted by Crippen LogP contribution is -2.59. The molecule has 0 bridgehead atoms.